The van der Waals surface area contributed by atoms with Crippen LogP contribution in [0.25, 0.3) is 0 Å². The van der Waals surface area contributed by atoms with Crippen molar-refractivity contribution in [3.05, 3.63) is 47.8 Å². The fourth-order valence-electron chi connectivity index (χ4n) is 1.40. The zero-order chi connectivity index (χ0) is 11.5. The normalized spacial score (nSPS) is 10.4. The first-order valence-electron chi connectivity index (χ1n) is 5.01. The van der Waals surface area contributed by atoms with Gasteiger partial charge in [-0.3, -0.25) is 0 Å². The van der Waals surface area contributed by atoms with Crippen molar-refractivity contribution in [1.82, 2.24) is 9.55 Å². The van der Waals surface area contributed by atoms with Gasteiger partial charge in [0.25, 0.3) is 0 Å². The number of benzene rings is 1. The second kappa shape index (κ2) is 4.35. The van der Waals surface area contributed by atoms with Gasteiger partial charge in [0.2, 0.25) is 0 Å². The molecule has 1 aromatic heterocycles. The summed E-state index contributed by atoms with van der Waals surface area (Å²) in [6.45, 7) is 2.28. The summed E-state index contributed by atoms with van der Waals surface area (Å²) in [6.07, 6.45) is 3.44. The van der Waals surface area contributed by atoms with Crippen LogP contribution in [0.1, 0.15) is 11.3 Å². The maximum absolute atomic E-state index is 13.0. The maximum atomic E-state index is 13.0. The zero-order valence-electron chi connectivity index (χ0n) is 9.27. The van der Waals surface area contributed by atoms with E-state index in [0.717, 1.165) is 11.3 Å². The summed E-state index contributed by atoms with van der Waals surface area (Å²) in [5, 5.41) is 0. The third-order valence-corrected chi connectivity index (χ3v) is 2.44. The first-order chi connectivity index (χ1) is 7.66. The topological polar surface area (TPSA) is 27.1 Å². The van der Waals surface area contributed by atoms with Gasteiger partial charge in [0, 0.05) is 13.1 Å². The van der Waals surface area contributed by atoms with Crippen molar-refractivity contribution >= 4 is 0 Å². The molecule has 2 aromatic rings. The van der Waals surface area contributed by atoms with Gasteiger partial charge in [-0.05, 0) is 18.6 Å². The van der Waals surface area contributed by atoms with Gasteiger partial charge in [0.05, 0.1) is 18.2 Å². The van der Waals surface area contributed by atoms with E-state index in [1.54, 1.807) is 18.6 Å². The largest absolute Gasteiger partial charge is 0.487 e. The van der Waals surface area contributed by atoms with Crippen LogP contribution in [-0.4, -0.2) is 9.55 Å². The minimum absolute atomic E-state index is 0.286. The quantitative estimate of drug-likeness (QED) is 0.794. The Morgan fingerprint density at radius 2 is 2.25 bits per heavy atom. The van der Waals surface area contributed by atoms with E-state index in [4.69, 9.17) is 4.74 Å². The van der Waals surface area contributed by atoms with Crippen molar-refractivity contribution in [2.75, 3.05) is 0 Å². The molecule has 0 N–H and O–H groups in total. The van der Waals surface area contributed by atoms with Crippen LogP contribution in [0.4, 0.5) is 4.39 Å². The van der Waals surface area contributed by atoms with Crippen molar-refractivity contribution in [2.45, 2.75) is 13.5 Å². The molecule has 0 bridgehead atoms. The summed E-state index contributed by atoms with van der Waals surface area (Å²) in [7, 11) is 1.89. The molecule has 0 radical (unpaired) electrons. The van der Waals surface area contributed by atoms with Crippen LogP contribution in [0.3, 0.4) is 0 Å². The number of ether oxygens (including phenoxy) is 1. The predicted molar refractivity (Wildman–Crippen MR) is 58.7 cm³/mol. The first-order valence-corrected chi connectivity index (χ1v) is 5.01. The average molecular weight is 220 g/mol. The summed E-state index contributed by atoms with van der Waals surface area (Å²) in [4.78, 5) is 3.98. The van der Waals surface area contributed by atoms with Crippen LogP contribution >= 0.6 is 0 Å². The Morgan fingerprint density at radius 3 is 2.94 bits per heavy atom. The molecule has 0 spiro atoms. The van der Waals surface area contributed by atoms with Gasteiger partial charge in [-0.15, -0.1) is 0 Å². The number of nitrogens with zero attached hydrogens (tertiary/aromatic N) is 2. The van der Waals surface area contributed by atoms with E-state index < -0.39 is 0 Å². The highest BCUT2D eigenvalue weighted by Crippen LogP contribution is 2.19. The molecular weight excluding hydrogens is 207 g/mol. The van der Waals surface area contributed by atoms with Crippen LogP contribution in [0.15, 0.2) is 30.7 Å². The standard InChI is InChI=1S/C12H13FN2O/c1-9-3-4-10(13)5-12(9)16-7-11-6-14-8-15(11)2/h3-6,8H,7H2,1-2H3. The Labute approximate surface area is 93.5 Å². The number of aromatic nitrogens is 2. The number of hydrogen-bond donors (Lipinski definition) is 0. The summed E-state index contributed by atoms with van der Waals surface area (Å²) >= 11 is 0. The molecule has 0 amide bonds. The van der Waals surface area contributed by atoms with E-state index in [0.29, 0.717) is 12.4 Å². The summed E-state index contributed by atoms with van der Waals surface area (Å²) in [5.41, 5.74) is 1.87. The number of aryl methyl sites for hydroxylation is 2. The minimum Gasteiger partial charge on any atom is -0.487 e. The molecule has 0 aliphatic heterocycles. The molecule has 16 heavy (non-hydrogen) atoms. The predicted octanol–water partition coefficient (Wildman–Crippen LogP) is 2.45. The Hall–Kier alpha value is -1.84. The molecule has 0 saturated carbocycles. The fourth-order valence-corrected chi connectivity index (χ4v) is 1.40. The molecule has 0 aliphatic rings. The molecule has 4 heteroatoms. The van der Waals surface area contributed by atoms with E-state index in [1.807, 2.05) is 18.5 Å². The second-order valence-electron chi connectivity index (χ2n) is 3.69. The van der Waals surface area contributed by atoms with E-state index in [-0.39, 0.29) is 5.82 Å². The smallest absolute Gasteiger partial charge is 0.130 e. The molecule has 1 heterocycles. The van der Waals surface area contributed by atoms with Gasteiger partial charge in [-0.25, -0.2) is 9.37 Å². The first kappa shape index (κ1) is 10.7. The van der Waals surface area contributed by atoms with Crippen molar-refractivity contribution in [3.8, 4) is 5.75 Å². The maximum Gasteiger partial charge on any atom is 0.130 e. The molecule has 0 unspecified atom stereocenters. The lowest BCUT2D eigenvalue weighted by atomic mass is 10.2. The molecule has 2 rings (SSSR count). The van der Waals surface area contributed by atoms with Crippen molar-refractivity contribution in [2.24, 2.45) is 7.05 Å². The fraction of sp³-hybridized carbons (Fsp3) is 0.250. The highest BCUT2D eigenvalue weighted by molar-refractivity contribution is 5.32. The van der Waals surface area contributed by atoms with Crippen LogP contribution in [0, 0.1) is 12.7 Å². The van der Waals surface area contributed by atoms with Gasteiger partial charge in [-0.2, -0.15) is 0 Å². The van der Waals surface area contributed by atoms with Crippen molar-refractivity contribution in [3.63, 3.8) is 0 Å². The van der Waals surface area contributed by atoms with Gasteiger partial charge < -0.3 is 9.30 Å². The van der Waals surface area contributed by atoms with Crippen LogP contribution in [0.2, 0.25) is 0 Å². The Morgan fingerprint density at radius 1 is 1.44 bits per heavy atom. The Bertz CT molecular complexity index is 494. The van der Waals surface area contributed by atoms with Gasteiger partial charge in [0.1, 0.15) is 18.2 Å². The van der Waals surface area contributed by atoms with Crippen LogP contribution in [0.5, 0.6) is 5.75 Å². The van der Waals surface area contributed by atoms with Gasteiger partial charge in [-0.1, -0.05) is 6.07 Å². The highest BCUT2D eigenvalue weighted by Gasteiger charge is 2.03. The lowest BCUT2D eigenvalue weighted by Crippen LogP contribution is -2.02. The number of imidazole rings is 1. The zero-order valence-corrected chi connectivity index (χ0v) is 9.27. The Kier molecular flexibility index (Phi) is 2.90. The molecular formula is C12H13FN2O. The van der Waals surface area contributed by atoms with E-state index in [1.165, 1.54) is 12.1 Å². The molecule has 0 aliphatic carbocycles. The molecule has 3 nitrogen and oxygen atoms in total. The molecule has 0 atom stereocenters. The number of rotatable bonds is 3. The molecule has 0 fully saturated rings. The monoisotopic (exact) mass is 220 g/mol. The van der Waals surface area contributed by atoms with Gasteiger partial charge >= 0.3 is 0 Å². The van der Waals surface area contributed by atoms with Gasteiger partial charge in [0.15, 0.2) is 0 Å². The van der Waals surface area contributed by atoms with Crippen molar-refractivity contribution in [1.29, 1.82) is 0 Å². The second-order valence-corrected chi connectivity index (χ2v) is 3.69. The lowest BCUT2D eigenvalue weighted by Gasteiger charge is -2.09. The van der Waals surface area contributed by atoms with E-state index >= 15 is 0 Å². The molecule has 1 aromatic carbocycles. The third kappa shape index (κ3) is 2.21. The minimum atomic E-state index is -0.286. The summed E-state index contributed by atoms with van der Waals surface area (Å²) in [6, 6.07) is 4.52. The van der Waals surface area contributed by atoms with E-state index in [9.17, 15) is 4.39 Å². The van der Waals surface area contributed by atoms with Crippen molar-refractivity contribution < 1.29 is 9.13 Å². The summed E-state index contributed by atoms with van der Waals surface area (Å²) in [5.74, 6) is 0.284. The van der Waals surface area contributed by atoms with E-state index in [2.05, 4.69) is 4.98 Å². The number of hydrogen-bond acceptors (Lipinski definition) is 2. The average Bonchev–Trinajstić information content (AvgIpc) is 2.66. The SMILES string of the molecule is Cc1ccc(F)cc1OCc1cncn1C. The lowest BCUT2D eigenvalue weighted by molar-refractivity contribution is 0.293. The van der Waals surface area contributed by atoms with Crippen LogP contribution in [-0.2, 0) is 13.7 Å². The molecule has 84 valence electrons. The molecule has 0 saturated heterocycles. The highest BCUT2D eigenvalue weighted by atomic mass is 19.1. The van der Waals surface area contributed by atoms with Crippen LogP contribution < -0.4 is 4.74 Å². The Balaban J connectivity index is 2.10. The third-order valence-electron chi connectivity index (χ3n) is 2.44. The summed E-state index contributed by atoms with van der Waals surface area (Å²) < 4.78 is 20.4. The number of halogens is 1.